The minimum absolute atomic E-state index is 0.462. The Kier molecular flexibility index (Phi) is 2.28. The van der Waals surface area contributed by atoms with Gasteiger partial charge in [-0.1, -0.05) is 6.07 Å². The fourth-order valence-corrected chi connectivity index (χ4v) is 2.54. The zero-order chi connectivity index (χ0) is 10.1. The van der Waals surface area contributed by atoms with Crippen molar-refractivity contribution in [3.63, 3.8) is 0 Å². The van der Waals surface area contributed by atoms with Crippen LogP contribution in [-0.4, -0.2) is 12.6 Å². The number of benzene rings is 1. The summed E-state index contributed by atoms with van der Waals surface area (Å²) < 4.78 is 5.96. The zero-order valence-electron chi connectivity index (χ0n) is 8.96. The van der Waals surface area contributed by atoms with Crippen LogP contribution in [0.3, 0.4) is 0 Å². The largest absolute Gasteiger partial charge is 0.490 e. The highest BCUT2D eigenvalue weighted by Gasteiger charge is 2.17. The molecule has 0 amide bonds. The fraction of sp³-hybridized carbons (Fsp3) is 0.538. The van der Waals surface area contributed by atoms with Gasteiger partial charge in [-0.05, 0) is 43.7 Å². The molecule has 2 aliphatic rings. The van der Waals surface area contributed by atoms with E-state index in [0.29, 0.717) is 6.10 Å². The molecule has 0 saturated heterocycles. The predicted octanol–water partition coefficient (Wildman–Crippen LogP) is 2.98. The maximum absolute atomic E-state index is 5.96. The van der Waals surface area contributed by atoms with Gasteiger partial charge in [0, 0.05) is 18.3 Å². The Labute approximate surface area is 90.6 Å². The van der Waals surface area contributed by atoms with Gasteiger partial charge in [0.25, 0.3) is 0 Å². The molecule has 0 aromatic heterocycles. The van der Waals surface area contributed by atoms with Crippen molar-refractivity contribution in [2.45, 2.75) is 38.2 Å². The first-order valence-electron chi connectivity index (χ1n) is 5.95. The van der Waals surface area contributed by atoms with Gasteiger partial charge in [0.1, 0.15) is 5.75 Å². The molecule has 1 fully saturated rings. The van der Waals surface area contributed by atoms with E-state index in [1.54, 1.807) is 0 Å². The van der Waals surface area contributed by atoms with E-state index in [-0.39, 0.29) is 0 Å². The van der Waals surface area contributed by atoms with Gasteiger partial charge in [-0.15, -0.1) is 0 Å². The first-order valence-corrected chi connectivity index (χ1v) is 5.95. The average molecular weight is 203 g/mol. The highest BCUT2D eigenvalue weighted by atomic mass is 16.5. The number of anilines is 1. The summed E-state index contributed by atoms with van der Waals surface area (Å²) in [5.74, 6) is 1.04. The van der Waals surface area contributed by atoms with E-state index in [2.05, 4.69) is 23.5 Å². The van der Waals surface area contributed by atoms with Crippen LogP contribution in [0.2, 0.25) is 0 Å². The average Bonchev–Trinajstić information content (AvgIpc) is 2.87. The molecular formula is C13H17NO. The number of hydrogen-bond acceptors (Lipinski definition) is 2. The summed E-state index contributed by atoms with van der Waals surface area (Å²) in [5, 5.41) is 3.39. The molecule has 2 nitrogen and oxygen atoms in total. The third kappa shape index (κ3) is 1.81. The van der Waals surface area contributed by atoms with E-state index in [9.17, 15) is 0 Å². The Morgan fingerprint density at radius 1 is 1.20 bits per heavy atom. The third-order valence-electron chi connectivity index (χ3n) is 3.40. The van der Waals surface area contributed by atoms with Crippen molar-refractivity contribution in [2.75, 3.05) is 11.9 Å². The van der Waals surface area contributed by atoms with Gasteiger partial charge in [0.05, 0.1) is 6.10 Å². The molecule has 15 heavy (non-hydrogen) atoms. The molecule has 0 atom stereocenters. The van der Waals surface area contributed by atoms with Crippen LogP contribution >= 0.6 is 0 Å². The summed E-state index contributed by atoms with van der Waals surface area (Å²) in [5.41, 5.74) is 2.69. The van der Waals surface area contributed by atoms with Gasteiger partial charge in [0.2, 0.25) is 0 Å². The van der Waals surface area contributed by atoms with Crippen molar-refractivity contribution in [1.29, 1.82) is 0 Å². The van der Waals surface area contributed by atoms with E-state index in [1.807, 2.05) is 0 Å². The molecule has 0 radical (unpaired) electrons. The lowest BCUT2D eigenvalue weighted by Gasteiger charge is -2.13. The Morgan fingerprint density at radius 2 is 2.07 bits per heavy atom. The minimum Gasteiger partial charge on any atom is -0.490 e. The van der Waals surface area contributed by atoms with Crippen LogP contribution in [0.1, 0.15) is 31.2 Å². The predicted molar refractivity (Wildman–Crippen MR) is 61.5 cm³/mol. The van der Waals surface area contributed by atoms with Crippen LogP contribution in [-0.2, 0) is 6.42 Å². The van der Waals surface area contributed by atoms with E-state index in [0.717, 1.165) is 18.7 Å². The fourth-order valence-electron chi connectivity index (χ4n) is 2.54. The lowest BCUT2D eigenvalue weighted by Crippen LogP contribution is -2.10. The van der Waals surface area contributed by atoms with Gasteiger partial charge in [-0.25, -0.2) is 0 Å². The van der Waals surface area contributed by atoms with Crippen molar-refractivity contribution < 1.29 is 4.74 Å². The molecule has 1 saturated carbocycles. The summed E-state index contributed by atoms with van der Waals surface area (Å²) in [7, 11) is 0. The zero-order valence-corrected chi connectivity index (χ0v) is 8.96. The third-order valence-corrected chi connectivity index (χ3v) is 3.40. The molecule has 0 spiro atoms. The summed E-state index contributed by atoms with van der Waals surface area (Å²) in [6, 6.07) is 6.46. The van der Waals surface area contributed by atoms with Crippen molar-refractivity contribution in [2.24, 2.45) is 0 Å². The molecule has 1 heterocycles. The highest BCUT2D eigenvalue weighted by Crippen LogP contribution is 2.29. The molecule has 0 bridgehead atoms. The van der Waals surface area contributed by atoms with Gasteiger partial charge < -0.3 is 10.1 Å². The number of rotatable bonds is 2. The summed E-state index contributed by atoms with van der Waals surface area (Å²) >= 11 is 0. The Morgan fingerprint density at radius 3 is 2.93 bits per heavy atom. The summed E-state index contributed by atoms with van der Waals surface area (Å²) in [6.45, 7) is 1.07. The highest BCUT2D eigenvalue weighted by molar-refractivity contribution is 5.58. The second-order valence-corrected chi connectivity index (χ2v) is 4.52. The van der Waals surface area contributed by atoms with E-state index in [4.69, 9.17) is 4.74 Å². The van der Waals surface area contributed by atoms with Crippen LogP contribution in [0, 0.1) is 0 Å². The molecule has 1 N–H and O–H groups in total. The molecule has 0 unspecified atom stereocenters. The summed E-state index contributed by atoms with van der Waals surface area (Å²) in [4.78, 5) is 0. The van der Waals surface area contributed by atoms with Gasteiger partial charge in [0.15, 0.2) is 0 Å². The topological polar surface area (TPSA) is 21.3 Å². The molecule has 1 aliphatic heterocycles. The lowest BCUT2D eigenvalue weighted by atomic mass is 10.1. The van der Waals surface area contributed by atoms with Gasteiger partial charge >= 0.3 is 0 Å². The van der Waals surface area contributed by atoms with E-state index < -0.39 is 0 Å². The lowest BCUT2D eigenvalue weighted by molar-refractivity contribution is 0.210. The van der Waals surface area contributed by atoms with Crippen LogP contribution in [0.25, 0.3) is 0 Å². The second-order valence-electron chi connectivity index (χ2n) is 4.52. The molecular weight excluding hydrogens is 186 g/mol. The van der Waals surface area contributed by atoms with Crippen LogP contribution < -0.4 is 10.1 Å². The first kappa shape index (κ1) is 9.08. The second kappa shape index (κ2) is 3.76. The smallest absolute Gasteiger partial charge is 0.121 e. The molecule has 80 valence electrons. The maximum atomic E-state index is 5.96. The molecule has 2 heteroatoms. The molecule has 3 rings (SSSR count). The minimum atomic E-state index is 0.462. The van der Waals surface area contributed by atoms with Crippen LogP contribution in [0.5, 0.6) is 5.75 Å². The monoisotopic (exact) mass is 203 g/mol. The van der Waals surface area contributed by atoms with Crippen molar-refractivity contribution in [3.8, 4) is 5.75 Å². The molecule has 1 aliphatic carbocycles. The van der Waals surface area contributed by atoms with Crippen LogP contribution in [0.4, 0.5) is 5.69 Å². The van der Waals surface area contributed by atoms with E-state index >= 15 is 0 Å². The Hall–Kier alpha value is -1.18. The molecule has 1 aromatic carbocycles. The number of nitrogens with one attached hydrogen (secondary N) is 1. The standard InChI is InChI=1S/C13H17NO/c1-2-4-11(3-1)15-12-6-5-10-7-8-14-13(10)9-12/h5-6,9,11,14H,1-4,7-8H2. The quantitative estimate of drug-likeness (QED) is 0.797. The van der Waals surface area contributed by atoms with Gasteiger partial charge in [-0.2, -0.15) is 0 Å². The maximum Gasteiger partial charge on any atom is 0.121 e. The normalized spacial score (nSPS) is 20.0. The summed E-state index contributed by atoms with van der Waals surface area (Å²) in [6.07, 6.45) is 6.72. The number of hydrogen-bond donors (Lipinski definition) is 1. The van der Waals surface area contributed by atoms with Crippen molar-refractivity contribution in [1.82, 2.24) is 0 Å². The first-order chi connectivity index (χ1) is 7.42. The van der Waals surface area contributed by atoms with E-state index in [1.165, 1.54) is 36.9 Å². The van der Waals surface area contributed by atoms with Crippen LogP contribution in [0.15, 0.2) is 18.2 Å². The SMILES string of the molecule is c1cc2c(cc1OC1CCCC1)NCC2. The van der Waals surface area contributed by atoms with Crippen molar-refractivity contribution in [3.05, 3.63) is 23.8 Å². The number of ether oxygens (including phenoxy) is 1. The molecule has 1 aromatic rings. The Balaban J connectivity index is 1.75. The van der Waals surface area contributed by atoms with Crippen molar-refractivity contribution >= 4 is 5.69 Å². The Bertz CT molecular complexity index is 356. The van der Waals surface area contributed by atoms with Gasteiger partial charge in [-0.3, -0.25) is 0 Å². The number of fused-ring (bicyclic) bond motifs is 1.